The lowest BCUT2D eigenvalue weighted by molar-refractivity contribution is 0.321. The second-order valence-electron chi connectivity index (χ2n) is 3.26. The van der Waals surface area contributed by atoms with E-state index in [0.29, 0.717) is 5.56 Å². The molecular weight excluding hydrogens is 219 g/mol. The average Bonchev–Trinajstić information content (AvgIpc) is 2.10. The molecular formula is C10H12FO3S. The minimum atomic E-state index is -3.07. The average molecular weight is 231 g/mol. The fourth-order valence-corrected chi connectivity index (χ4v) is 1.36. The lowest BCUT2D eigenvalue weighted by Gasteiger charge is -2.07. The van der Waals surface area contributed by atoms with Crippen molar-refractivity contribution in [2.45, 2.75) is 6.92 Å². The van der Waals surface area contributed by atoms with Gasteiger partial charge in [0.15, 0.2) is 21.4 Å². The van der Waals surface area contributed by atoms with Crippen molar-refractivity contribution in [3.63, 3.8) is 0 Å². The van der Waals surface area contributed by atoms with Crippen molar-refractivity contribution in [2.24, 2.45) is 0 Å². The van der Waals surface area contributed by atoms with E-state index in [0.717, 1.165) is 6.26 Å². The molecule has 0 aromatic heterocycles. The molecule has 15 heavy (non-hydrogen) atoms. The van der Waals surface area contributed by atoms with Crippen LogP contribution in [0.25, 0.3) is 0 Å². The zero-order valence-electron chi connectivity index (χ0n) is 8.58. The molecule has 1 aromatic carbocycles. The maximum absolute atomic E-state index is 13.3. The van der Waals surface area contributed by atoms with E-state index >= 15 is 0 Å². The van der Waals surface area contributed by atoms with Gasteiger partial charge in [-0.15, -0.1) is 0 Å². The Morgan fingerprint density at radius 2 is 2.20 bits per heavy atom. The van der Waals surface area contributed by atoms with Gasteiger partial charge in [0.05, 0.1) is 5.75 Å². The van der Waals surface area contributed by atoms with Crippen LogP contribution in [0.3, 0.4) is 0 Å². The molecule has 0 saturated heterocycles. The largest absolute Gasteiger partial charge is 0.489 e. The van der Waals surface area contributed by atoms with Crippen LogP contribution in [0.15, 0.2) is 12.1 Å². The number of rotatable bonds is 4. The summed E-state index contributed by atoms with van der Waals surface area (Å²) in [5.41, 5.74) is 0.354. The zero-order valence-corrected chi connectivity index (χ0v) is 9.40. The predicted octanol–water partition coefficient (Wildman–Crippen LogP) is 1.36. The molecule has 0 bridgehead atoms. The van der Waals surface area contributed by atoms with Gasteiger partial charge in [-0.2, -0.15) is 0 Å². The Balaban J connectivity index is 2.62. The number of hydrogen-bond donors (Lipinski definition) is 0. The van der Waals surface area contributed by atoms with Crippen molar-refractivity contribution in [3.8, 4) is 5.75 Å². The van der Waals surface area contributed by atoms with Crippen LogP contribution in [0.2, 0.25) is 0 Å². The summed E-state index contributed by atoms with van der Waals surface area (Å²) >= 11 is 0. The Kier molecular flexibility index (Phi) is 3.68. The smallest absolute Gasteiger partial charge is 0.168 e. The van der Waals surface area contributed by atoms with Gasteiger partial charge >= 0.3 is 0 Å². The number of aryl methyl sites for hydroxylation is 1. The fourth-order valence-electron chi connectivity index (χ4n) is 0.978. The standard InChI is InChI=1S/C10H12FO3S/c1-8-4-3-5-9(10(8)11)14-6-7-15(2,12)13/h3,5H,6-7H2,1-2H3. The molecule has 0 aliphatic rings. The molecule has 1 rings (SSSR count). The summed E-state index contributed by atoms with van der Waals surface area (Å²) in [6.07, 6.45) is 1.11. The third-order valence-corrected chi connectivity index (χ3v) is 2.70. The molecule has 3 nitrogen and oxygen atoms in total. The molecule has 0 aliphatic heterocycles. The van der Waals surface area contributed by atoms with Crippen molar-refractivity contribution >= 4 is 9.84 Å². The third-order valence-electron chi connectivity index (χ3n) is 1.79. The Morgan fingerprint density at radius 1 is 1.53 bits per heavy atom. The highest BCUT2D eigenvalue weighted by Gasteiger charge is 2.07. The van der Waals surface area contributed by atoms with Crippen LogP contribution in [0.5, 0.6) is 5.75 Å². The molecule has 0 spiro atoms. The molecule has 83 valence electrons. The zero-order chi connectivity index (χ0) is 11.5. The van der Waals surface area contributed by atoms with Gasteiger partial charge in [-0.3, -0.25) is 0 Å². The van der Waals surface area contributed by atoms with E-state index < -0.39 is 15.7 Å². The van der Waals surface area contributed by atoms with Gasteiger partial charge in [-0.1, -0.05) is 6.07 Å². The highest BCUT2D eigenvalue weighted by molar-refractivity contribution is 7.90. The highest BCUT2D eigenvalue weighted by Crippen LogP contribution is 2.18. The van der Waals surface area contributed by atoms with Crippen molar-refractivity contribution in [1.82, 2.24) is 0 Å². The first-order valence-electron chi connectivity index (χ1n) is 4.37. The first-order chi connectivity index (χ1) is 6.90. The number of benzene rings is 1. The summed E-state index contributed by atoms with van der Waals surface area (Å²) in [6, 6.07) is 5.63. The molecule has 1 aromatic rings. The van der Waals surface area contributed by atoms with Gasteiger partial charge in [0, 0.05) is 6.26 Å². The van der Waals surface area contributed by atoms with Crippen LogP contribution in [0.4, 0.5) is 4.39 Å². The predicted molar refractivity (Wildman–Crippen MR) is 55.2 cm³/mol. The van der Waals surface area contributed by atoms with Crippen LogP contribution < -0.4 is 4.74 Å². The third kappa shape index (κ3) is 3.87. The molecule has 0 saturated carbocycles. The topological polar surface area (TPSA) is 43.4 Å². The summed E-state index contributed by atoms with van der Waals surface area (Å²) in [5.74, 6) is -0.551. The second-order valence-corrected chi connectivity index (χ2v) is 5.52. The summed E-state index contributed by atoms with van der Waals surface area (Å²) in [6.45, 7) is 1.53. The summed E-state index contributed by atoms with van der Waals surface area (Å²) in [5, 5.41) is 0. The SMILES string of the molecule is Cc1[c]ccc(OCCS(C)(=O)=O)c1F. The van der Waals surface area contributed by atoms with Crippen LogP contribution in [-0.4, -0.2) is 27.0 Å². The molecule has 0 unspecified atom stereocenters. The Bertz CT molecular complexity index is 440. The van der Waals surface area contributed by atoms with E-state index in [1.807, 2.05) is 0 Å². The molecule has 0 N–H and O–H groups in total. The Morgan fingerprint density at radius 3 is 2.80 bits per heavy atom. The van der Waals surface area contributed by atoms with Crippen LogP contribution in [0, 0.1) is 18.8 Å². The Hall–Kier alpha value is -1.10. The van der Waals surface area contributed by atoms with Gasteiger partial charge in [0.1, 0.15) is 6.61 Å². The molecule has 0 amide bonds. The highest BCUT2D eigenvalue weighted by atomic mass is 32.2. The van der Waals surface area contributed by atoms with Gasteiger partial charge in [-0.25, -0.2) is 12.8 Å². The summed E-state index contributed by atoms with van der Waals surface area (Å²) in [4.78, 5) is 0. The first kappa shape index (κ1) is 12.0. The van der Waals surface area contributed by atoms with Crippen LogP contribution in [-0.2, 0) is 9.84 Å². The minimum absolute atomic E-state index is 0.0425. The van der Waals surface area contributed by atoms with E-state index in [1.165, 1.54) is 12.1 Å². The van der Waals surface area contributed by atoms with E-state index in [1.54, 1.807) is 6.92 Å². The van der Waals surface area contributed by atoms with Gasteiger partial charge in [-0.05, 0) is 24.6 Å². The van der Waals surface area contributed by atoms with Crippen molar-refractivity contribution in [3.05, 3.63) is 29.6 Å². The van der Waals surface area contributed by atoms with Crippen molar-refractivity contribution < 1.29 is 17.5 Å². The van der Waals surface area contributed by atoms with E-state index in [9.17, 15) is 12.8 Å². The van der Waals surface area contributed by atoms with E-state index in [2.05, 4.69) is 6.07 Å². The van der Waals surface area contributed by atoms with E-state index in [4.69, 9.17) is 4.74 Å². The molecule has 0 aliphatic carbocycles. The van der Waals surface area contributed by atoms with E-state index in [-0.39, 0.29) is 18.1 Å². The monoisotopic (exact) mass is 231 g/mol. The number of sulfone groups is 1. The second kappa shape index (κ2) is 4.61. The summed E-state index contributed by atoms with van der Waals surface area (Å²) < 4.78 is 39.9. The van der Waals surface area contributed by atoms with Gasteiger partial charge in [0.2, 0.25) is 0 Å². The number of hydrogen-bond acceptors (Lipinski definition) is 3. The quantitative estimate of drug-likeness (QED) is 0.785. The van der Waals surface area contributed by atoms with Crippen LogP contribution >= 0.6 is 0 Å². The molecule has 0 heterocycles. The minimum Gasteiger partial charge on any atom is -0.489 e. The van der Waals surface area contributed by atoms with Crippen LogP contribution in [0.1, 0.15) is 5.56 Å². The lowest BCUT2D eigenvalue weighted by atomic mass is 10.2. The fraction of sp³-hybridized carbons (Fsp3) is 0.400. The summed E-state index contributed by atoms with van der Waals surface area (Å²) in [7, 11) is -3.07. The maximum Gasteiger partial charge on any atom is 0.168 e. The molecule has 1 radical (unpaired) electrons. The van der Waals surface area contributed by atoms with Gasteiger partial charge < -0.3 is 4.74 Å². The van der Waals surface area contributed by atoms with Crippen molar-refractivity contribution in [1.29, 1.82) is 0 Å². The van der Waals surface area contributed by atoms with Gasteiger partial charge in [0.25, 0.3) is 0 Å². The molecule has 0 fully saturated rings. The Labute approximate surface area is 88.8 Å². The lowest BCUT2D eigenvalue weighted by Crippen LogP contribution is -2.12. The van der Waals surface area contributed by atoms with Crippen molar-refractivity contribution in [2.75, 3.05) is 18.6 Å². The normalized spacial score (nSPS) is 11.4. The first-order valence-corrected chi connectivity index (χ1v) is 6.43. The number of halogens is 1. The molecule has 0 atom stereocenters. The molecule has 5 heteroatoms. The maximum atomic E-state index is 13.3. The number of ether oxygens (including phenoxy) is 1.